The topological polar surface area (TPSA) is 144 Å². The molecule has 3 aromatic rings. The maximum absolute atomic E-state index is 10.3. The molecule has 0 aliphatic rings. The lowest BCUT2D eigenvalue weighted by atomic mass is 10.2. The van der Waals surface area contributed by atoms with Gasteiger partial charge in [-0.05, 0) is 49.9 Å². The molecule has 0 radical (unpaired) electrons. The summed E-state index contributed by atoms with van der Waals surface area (Å²) in [4.78, 5) is 17.7. The number of halogens is 2. The number of aromatic nitrogens is 2. The van der Waals surface area contributed by atoms with Crippen LogP contribution in [0.25, 0.3) is 0 Å². The first-order valence-electron chi connectivity index (χ1n) is 10.4. The molecule has 0 bridgehead atoms. The SMILES string of the molecule is CCOP(=S)(OCC)SCSc1cc(Cl)ccc1Cl.N[C@@H](Cc1cnc[nH]1)C(=O)O.Oc1ccco1. The molecule has 9 nitrogen and oxygen atoms in total. The third-order valence-electron chi connectivity index (χ3n) is 3.71. The molecule has 0 spiro atoms. The van der Waals surface area contributed by atoms with Gasteiger partial charge in [0, 0.05) is 34.3 Å². The van der Waals surface area contributed by atoms with E-state index in [4.69, 9.17) is 60.0 Å². The summed E-state index contributed by atoms with van der Waals surface area (Å²) in [6.07, 6.45) is 4.75. The average Bonchev–Trinajstić information content (AvgIpc) is 3.51. The zero-order valence-electron chi connectivity index (χ0n) is 19.5. The smallest absolute Gasteiger partial charge is 0.320 e. The first-order valence-corrected chi connectivity index (χ1v) is 16.4. The number of thioether (sulfide) groups is 1. The van der Waals surface area contributed by atoms with Gasteiger partial charge in [-0.15, -0.1) is 11.8 Å². The Kier molecular flexibility index (Phi) is 16.5. The fourth-order valence-electron chi connectivity index (χ4n) is 2.16. The number of rotatable bonds is 11. The number of carbonyl (C=O) groups is 1. The molecular weight excluding hydrogens is 588 g/mol. The number of aromatic amines is 1. The number of nitrogens with zero attached hydrogens (tertiary/aromatic N) is 1. The van der Waals surface area contributed by atoms with Crippen LogP contribution in [0, 0.1) is 0 Å². The molecule has 0 amide bonds. The highest BCUT2D eigenvalue weighted by Gasteiger charge is 2.19. The van der Waals surface area contributed by atoms with E-state index in [1.165, 1.54) is 30.0 Å². The number of benzene rings is 1. The van der Waals surface area contributed by atoms with Crippen molar-refractivity contribution < 1.29 is 28.5 Å². The van der Waals surface area contributed by atoms with Crippen LogP contribution >= 0.6 is 52.0 Å². The second-order valence-corrected chi connectivity index (χ2v) is 15.0. The van der Waals surface area contributed by atoms with Gasteiger partial charge >= 0.3 is 5.97 Å². The highest BCUT2D eigenvalue weighted by Crippen LogP contribution is 2.62. The molecule has 0 saturated heterocycles. The van der Waals surface area contributed by atoms with Gasteiger partial charge in [-0.2, -0.15) is 0 Å². The second-order valence-electron chi connectivity index (χ2n) is 6.43. The maximum Gasteiger partial charge on any atom is 0.320 e. The molecule has 36 heavy (non-hydrogen) atoms. The largest absolute Gasteiger partial charge is 0.481 e. The molecule has 2 aromatic heterocycles. The lowest BCUT2D eigenvalue weighted by Crippen LogP contribution is -2.32. The number of carboxylic acids is 1. The highest BCUT2D eigenvalue weighted by atomic mass is 35.5. The molecule has 5 N–H and O–H groups in total. The van der Waals surface area contributed by atoms with E-state index >= 15 is 0 Å². The number of hydrogen-bond acceptors (Lipinski definition) is 10. The van der Waals surface area contributed by atoms with Gasteiger partial charge in [-0.3, -0.25) is 4.79 Å². The normalized spacial score (nSPS) is 11.6. The van der Waals surface area contributed by atoms with E-state index in [0.717, 1.165) is 15.7 Å². The van der Waals surface area contributed by atoms with Crippen LogP contribution in [0.3, 0.4) is 0 Å². The van der Waals surface area contributed by atoms with Gasteiger partial charge in [0.1, 0.15) is 6.04 Å². The Bertz CT molecular complexity index is 1050. The second kappa shape index (κ2) is 18.1. The van der Waals surface area contributed by atoms with E-state index in [1.54, 1.807) is 36.2 Å². The van der Waals surface area contributed by atoms with Gasteiger partial charge in [-0.25, -0.2) is 4.98 Å². The first-order chi connectivity index (χ1) is 17.1. The van der Waals surface area contributed by atoms with Gasteiger partial charge in [0.15, 0.2) is 0 Å². The number of imidazole rings is 1. The van der Waals surface area contributed by atoms with E-state index in [9.17, 15) is 4.79 Å². The van der Waals surface area contributed by atoms with E-state index in [2.05, 4.69) is 14.4 Å². The van der Waals surface area contributed by atoms with Crippen LogP contribution in [0.2, 0.25) is 10.0 Å². The third-order valence-corrected chi connectivity index (χ3v) is 11.5. The van der Waals surface area contributed by atoms with E-state index in [-0.39, 0.29) is 12.4 Å². The van der Waals surface area contributed by atoms with Crippen molar-refractivity contribution in [1.82, 2.24) is 9.97 Å². The summed E-state index contributed by atoms with van der Waals surface area (Å²) in [5.41, 5.74) is 3.77. The number of carboxylic acid groups (broad SMARTS) is 1. The van der Waals surface area contributed by atoms with E-state index in [1.807, 2.05) is 19.9 Å². The van der Waals surface area contributed by atoms with Crippen molar-refractivity contribution in [3.63, 3.8) is 0 Å². The minimum atomic E-state index is -2.23. The van der Waals surface area contributed by atoms with E-state index < -0.39 is 17.7 Å². The number of nitrogens with two attached hydrogens (primary N) is 1. The van der Waals surface area contributed by atoms with Crippen molar-refractivity contribution in [2.24, 2.45) is 5.73 Å². The number of nitrogens with one attached hydrogen (secondary N) is 1. The van der Waals surface area contributed by atoms with Crippen molar-refractivity contribution in [1.29, 1.82) is 0 Å². The summed E-state index contributed by atoms with van der Waals surface area (Å²) < 4.78 is 15.5. The highest BCUT2D eigenvalue weighted by molar-refractivity contribution is 8.69. The van der Waals surface area contributed by atoms with Crippen molar-refractivity contribution in [3.05, 3.63) is 64.9 Å². The Hall–Kier alpha value is -1.21. The van der Waals surface area contributed by atoms with Gasteiger partial charge in [-0.1, -0.05) is 34.6 Å². The summed E-state index contributed by atoms with van der Waals surface area (Å²) in [6, 6.07) is 7.65. The predicted octanol–water partition coefficient (Wildman–Crippen LogP) is 6.42. The van der Waals surface area contributed by atoms with Gasteiger partial charge in [0.2, 0.25) is 5.69 Å². The summed E-state index contributed by atoms with van der Waals surface area (Å²) in [6.45, 7) is 4.96. The van der Waals surface area contributed by atoms with Crippen molar-refractivity contribution in [2.75, 3.05) is 18.3 Å². The van der Waals surface area contributed by atoms with E-state index in [0.29, 0.717) is 23.3 Å². The van der Waals surface area contributed by atoms with Gasteiger partial charge < -0.3 is 34.4 Å². The monoisotopic (exact) mass is 615 g/mol. The summed E-state index contributed by atoms with van der Waals surface area (Å²) >= 11 is 20.6. The standard InChI is InChI=1S/C11H15Cl2O2PS3.C6H9N3O2.C4H4O2/c1-3-14-16(17,15-4-2)19-8-18-11-7-9(12)5-6-10(11)13;7-5(6(10)11)1-4-2-8-3-9-4;5-4-2-1-3-6-4/h5-7H,3-4,8H2,1-2H3;2-3,5H,1,7H2,(H,8,9)(H,10,11);1-3,5H/t;5-;/m.0./s1. The van der Waals surface area contributed by atoms with Crippen LogP contribution < -0.4 is 5.73 Å². The molecule has 0 fully saturated rings. The lowest BCUT2D eigenvalue weighted by Gasteiger charge is -2.19. The number of H-pyrrole nitrogens is 1. The van der Waals surface area contributed by atoms with Crippen LogP contribution in [0.5, 0.6) is 5.95 Å². The Balaban J connectivity index is 0.000000316. The predicted molar refractivity (Wildman–Crippen MR) is 151 cm³/mol. The molecular formula is C21H28Cl2N3O6PS3. The molecule has 2 heterocycles. The minimum Gasteiger partial charge on any atom is -0.481 e. The Morgan fingerprint density at radius 2 is 2.00 bits per heavy atom. The molecule has 0 aliphatic heterocycles. The fourth-order valence-corrected chi connectivity index (χ4v) is 9.70. The molecule has 0 unspecified atom stereocenters. The number of hydrogen-bond donors (Lipinski definition) is 4. The molecule has 15 heteroatoms. The van der Waals surface area contributed by atoms with Crippen molar-refractivity contribution in [3.8, 4) is 5.95 Å². The summed E-state index contributed by atoms with van der Waals surface area (Å²) in [5.74, 6) is -1.03. The molecule has 1 aromatic carbocycles. The van der Waals surface area contributed by atoms with Crippen LogP contribution in [0.15, 0.2) is 58.4 Å². The van der Waals surface area contributed by atoms with Crippen LogP contribution in [-0.4, -0.2) is 50.5 Å². The molecule has 0 saturated carbocycles. The summed E-state index contributed by atoms with van der Waals surface area (Å²) in [5, 5.41) is 18.8. The molecule has 200 valence electrons. The Labute approximate surface area is 233 Å². The third kappa shape index (κ3) is 13.9. The van der Waals surface area contributed by atoms with Crippen molar-refractivity contribution in [2.45, 2.75) is 31.2 Å². The van der Waals surface area contributed by atoms with Crippen LogP contribution in [0.4, 0.5) is 0 Å². The first kappa shape index (κ1) is 32.8. The quantitative estimate of drug-likeness (QED) is 0.108. The minimum absolute atomic E-state index is 0.0324. The average molecular weight is 617 g/mol. The number of aliphatic carboxylic acids is 1. The Morgan fingerprint density at radius 1 is 1.31 bits per heavy atom. The van der Waals surface area contributed by atoms with Crippen molar-refractivity contribution >= 4 is 69.8 Å². The Morgan fingerprint density at radius 3 is 2.47 bits per heavy atom. The molecule has 1 atom stereocenters. The summed E-state index contributed by atoms with van der Waals surface area (Å²) in [7, 11) is 0. The number of aromatic hydroxyl groups is 1. The molecule has 3 rings (SSSR count). The fraction of sp³-hybridized carbons (Fsp3) is 0.333. The zero-order valence-corrected chi connectivity index (χ0v) is 24.4. The molecule has 0 aliphatic carbocycles. The van der Waals surface area contributed by atoms with Gasteiger partial charge in [0.25, 0.3) is 5.95 Å². The van der Waals surface area contributed by atoms with Crippen LogP contribution in [0.1, 0.15) is 19.5 Å². The number of furan rings is 1. The zero-order chi connectivity index (χ0) is 27.0. The maximum atomic E-state index is 10.3. The van der Waals surface area contributed by atoms with Crippen LogP contribution in [-0.2, 0) is 32.1 Å². The van der Waals surface area contributed by atoms with Gasteiger partial charge in [0.05, 0.1) is 35.9 Å². The lowest BCUT2D eigenvalue weighted by molar-refractivity contribution is -0.138.